The molecule has 0 fully saturated rings. The summed E-state index contributed by atoms with van der Waals surface area (Å²) in [5, 5.41) is 0.108. The third-order valence-electron chi connectivity index (χ3n) is 3.05. The number of hydrogen-bond donors (Lipinski definition) is 1. The molecule has 0 spiro atoms. The minimum atomic E-state index is -0.572. The Kier molecular flexibility index (Phi) is 4.85. The molecular weight excluding hydrogens is 292 g/mol. The minimum Gasteiger partial charge on any atom is -0.492 e. The van der Waals surface area contributed by atoms with Crippen LogP contribution in [-0.4, -0.2) is 16.2 Å². The van der Waals surface area contributed by atoms with E-state index in [4.69, 9.17) is 16.3 Å². The third-order valence-corrected chi connectivity index (χ3v) is 3.37. The number of rotatable bonds is 5. The van der Waals surface area contributed by atoms with Gasteiger partial charge in [-0.15, -0.1) is 0 Å². The van der Waals surface area contributed by atoms with Crippen molar-refractivity contribution in [2.75, 3.05) is 6.61 Å². The highest BCUT2D eigenvalue weighted by Crippen LogP contribution is 2.20. The van der Waals surface area contributed by atoms with Crippen LogP contribution in [0.2, 0.25) is 5.15 Å². The number of aromatic amines is 1. The molecule has 1 N–H and O–H groups in total. The maximum absolute atomic E-state index is 12.6. The summed E-state index contributed by atoms with van der Waals surface area (Å²) in [6.45, 7) is 4.23. The highest BCUT2D eigenvalue weighted by molar-refractivity contribution is 6.30. The maximum atomic E-state index is 12.6. The number of benzene rings is 1. The first kappa shape index (κ1) is 15.4. The molecule has 2 aromatic rings. The van der Waals surface area contributed by atoms with Gasteiger partial charge < -0.3 is 4.74 Å². The molecule has 0 aliphatic carbocycles. The van der Waals surface area contributed by atoms with Crippen LogP contribution in [-0.2, 0) is 6.42 Å². The molecule has 0 aliphatic heterocycles. The van der Waals surface area contributed by atoms with Gasteiger partial charge in [-0.2, -0.15) is 0 Å². The van der Waals surface area contributed by atoms with Crippen molar-refractivity contribution >= 4 is 11.6 Å². The van der Waals surface area contributed by atoms with Gasteiger partial charge >= 0.3 is 5.69 Å². The van der Waals surface area contributed by atoms with Crippen LogP contribution in [0.5, 0.6) is 5.75 Å². The van der Waals surface area contributed by atoms with Gasteiger partial charge in [-0.3, -0.25) is 9.78 Å². The van der Waals surface area contributed by atoms with Gasteiger partial charge in [0.2, 0.25) is 0 Å². The lowest BCUT2D eigenvalue weighted by molar-refractivity contribution is 0.338. The summed E-state index contributed by atoms with van der Waals surface area (Å²) >= 11 is 5.97. The Morgan fingerprint density at radius 1 is 1.24 bits per heavy atom. The molecule has 1 aromatic heterocycles. The molecule has 0 aliphatic rings. The van der Waals surface area contributed by atoms with Crippen molar-refractivity contribution in [3.63, 3.8) is 0 Å². The van der Waals surface area contributed by atoms with Crippen molar-refractivity contribution in [2.45, 2.75) is 26.7 Å². The van der Waals surface area contributed by atoms with E-state index in [1.165, 1.54) is 0 Å². The highest BCUT2D eigenvalue weighted by atomic mass is 35.5. The third kappa shape index (κ3) is 3.03. The van der Waals surface area contributed by atoms with Crippen LogP contribution < -0.4 is 16.0 Å². The molecule has 112 valence electrons. The SMILES string of the molecule is CCCc1c(Cl)[nH]c(=O)n(-c2ccccc2OCC)c1=O. The standard InChI is InChI=1S/C15H17ClN2O3/c1-3-7-10-13(16)17-15(20)18(14(10)19)11-8-5-6-9-12(11)21-4-2/h5-6,8-9H,3-4,7H2,1-2H3,(H,17,20). The van der Waals surface area contributed by atoms with Crippen LogP contribution in [0.3, 0.4) is 0 Å². The number of hydrogen-bond acceptors (Lipinski definition) is 3. The Bertz CT molecular complexity index is 749. The number of nitrogens with one attached hydrogen (secondary N) is 1. The average Bonchev–Trinajstić information content (AvgIpc) is 2.45. The molecule has 1 aromatic carbocycles. The van der Waals surface area contributed by atoms with Crippen molar-refractivity contribution in [3.8, 4) is 11.4 Å². The number of nitrogens with zero attached hydrogens (tertiary/aromatic N) is 1. The smallest absolute Gasteiger partial charge is 0.334 e. The molecule has 21 heavy (non-hydrogen) atoms. The quantitative estimate of drug-likeness (QED) is 0.863. The first-order valence-electron chi connectivity index (χ1n) is 6.86. The zero-order chi connectivity index (χ0) is 15.4. The van der Waals surface area contributed by atoms with E-state index in [-0.39, 0.29) is 5.15 Å². The lowest BCUT2D eigenvalue weighted by atomic mass is 10.2. The monoisotopic (exact) mass is 308 g/mol. The largest absolute Gasteiger partial charge is 0.492 e. The van der Waals surface area contributed by atoms with Crippen LogP contribution in [0.25, 0.3) is 5.69 Å². The van der Waals surface area contributed by atoms with Gasteiger partial charge in [0.25, 0.3) is 5.56 Å². The molecule has 6 heteroatoms. The van der Waals surface area contributed by atoms with E-state index in [1.54, 1.807) is 24.3 Å². The van der Waals surface area contributed by atoms with Crippen molar-refractivity contribution in [3.05, 3.63) is 55.8 Å². The number of ether oxygens (including phenoxy) is 1. The molecule has 5 nitrogen and oxygen atoms in total. The molecule has 2 rings (SSSR count). The number of aromatic nitrogens is 2. The van der Waals surface area contributed by atoms with Gasteiger partial charge in [0.1, 0.15) is 10.9 Å². The lowest BCUT2D eigenvalue weighted by Gasteiger charge is -2.12. The zero-order valence-electron chi connectivity index (χ0n) is 12.0. The summed E-state index contributed by atoms with van der Waals surface area (Å²) in [5.41, 5.74) is -0.153. The fourth-order valence-corrected chi connectivity index (χ4v) is 2.41. The molecular formula is C15H17ClN2O3. The highest BCUT2D eigenvalue weighted by Gasteiger charge is 2.16. The fraction of sp³-hybridized carbons (Fsp3) is 0.333. The topological polar surface area (TPSA) is 64.1 Å². The summed E-state index contributed by atoms with van der Waals surface area (Å²) < 4.78 is 6.56. The predicted octanol–water partition coefficient (Wildman–Crippen LogP) is 2.53. The van der Waals surface area contributed by atoms with Gasteiger partial charge in [0.05, 0.1) is 17.9 Å². The summed E-state index contributed by atoms with van der Waals surface area (Å²) in [6, 6.07) is 6.93. The van der Waals surface area contributed by atoms with Crippen LogP contribution in [0, 0.1) is 0 Å². The van der Waals surface area contributed by atoms with Gasteiger partial charge in [-0.1, -0.05) is 37.1 Å². The molecule has 0 amide bonds. The van der Waals surface area contributed by atoms with E-state index in [9.17, 15) is 9.59 Å². The zero-order valence-corrected chi connectivity index (χ0v) is 12.7. The Labute approximate surface area is 127 Å². The first-order valence-corrected chi connectivity index (χ1v) is 7.23. The molecule has 0 saturated carbocycles. The van der Waals surface area contributed by atoms with Crippen LogP contribution in [0.1, 0.15) is 25.8 Å². The second-order valence-electron chi connectivity index (χ2n) is 4.51. The first-order chi connectivity index (χ1) is 10.1. The second-order valence-corrected chi connectivity index (χ2v) is 4.89. The van der Waals surface area contributed by atoms with Crippen molar-refractivity contribution < 1.29 is 4.74 Å². The van der Waals surface area contributed by atoms with Crippen LogP contribution >= 0.6 is 11.6 Å². The lowest BCUT2D eigenvalue weighted by Crippen LogP contribution is -2.36. The molecule has 0 radical (unpaired) electrons. The van der Waals surface area contributed by atoms with E-state index in [0.29, 0.717) is 30.0 Å². The second kappa shape index (κ2) is 6.63. The molecule has 0 saturated heterocycles. The number of halogens is 1. The van der Waals surface area contributed by atoms with Gasteiger partial charge in [-0.25, -0.2) is 9.36 Å². The maximum Gasteiger partial charge on any atom is 0.334 e. The summed E-state index contributed by atoms with van der Waals surface area (Å²) in [6.07, 6.45) is 1.26. The molecule has 0 bridgehead atoms. The minimum absolute atomic E-state index is 0.108. The van der Waals surface area contributed by atoms with Gasteiger partial charge in [0.15, 0.2) is 0 Å². The van der Waals surface area contributed by atoms with Crippen LogP contribution in [0.4, 0.5) is 0 Å². The number of para-hydroxylation sites is 2. The summed E-state index contributed by atoms with van der Waals surface area (Å²) in [7, 11) is 0. The van der Waals surface area contributed by atoms with Crippen molar-refractivity contribution in [1.82, 2.24) is 9.55 Å². The normalized spacial score (nSPS) is 10.6. The van der Waals surface area contributed by atoms with E-state index < -0.39 is 11.2 Å². The molecule has 1 heterocycles. The Morgan fingerprint density at radius 3 is 2.62 bits per heavy atom. The van der Waals surface area contributed by atoms with Gasteiger partial charge in [0, 0.05) is 0 Å². The van der Waals surface area contributed by atoms with E-state index >= 15 is 0 Å². The van der Waals surface area contributed by atoms with Crippen molar-refractivity contribution in [2.24, 2.45) is 0 Å². The van der Waals surface area contributed by atoms with E-state index in [2.05, 4.69) is 4.98 Å². The Balaban J connectivity index is 2.73. The average molecular weight is 309 g/mol. The Hall–Kier alpha value is -2.01. The van der Waals surface area contributed by atoms with Gasteiger partial charge in [-0.05, 0) is 25.5 Å². The summed E-state index contributed by atoms with van der Waals surface area (Å²) in [4.78, 5) is 27.2. The predicted molar refractivity (Wildman–Crippen MR) is 82.8 cm³/mol. The van der Waals surface area contributed by atoms with E-state index in [1.807, 2.05) is 13.8 Å². The fourth-order valence-electron chi connectivity index (χ4n) is 2.15. The van der Waals surface area contributed by atoms with E-state index in [0.717, 1.165) is 11.0 Å². The summed E-state index contributed by atoms with van der Waals surface area (Å²) in [5.74, 6) is 0.484. The number of H-pyrrole nitrogens is 1. The molecule has 0 unspecified atom stereocenters. The molecule has 0 atom stereocenters. The van der Waals surface area contributed by atoms with Crippen LogP contribution in [0.15, 0.2) is 33.9 Å². The van der Waals surface area contributed by atoms with Crippen molar-refractivity contribution in [1.29, 1.82) is 0 Å². The Morgan fingerprint density at radius 2 is 1.95 bits per heavy atom.